The second-order valence-corrected chi connectivity index (χ2v) is 4.03. The van der Waals surface area contributed by atoms with Gasteiger partial charge in [0.2, 0.25) is 5.95 Å². The quantitative estimate of drug-likeness (QED) is 0.477. The third-order valence-corrected chi connectivity index (χ3v) is 2.65. The number of halogens is 1. The van der Waals surface area contributed by atoms with Gasteiger partial charge in [-0.15, -0.1) is 0 Å². The van der Waals surface area contributed by atoms with Crippen LogP contribution < -0.4 is 5.73 Å². The first kappa shape index (κ1) is 10.8. The van der Waals surface area contributed by atoms with Gasteiger partial charge in [-0.1, -0.05) is 0 Å². The Morgan fingerprint density at radius 1 is 1.71 bits per heavy atom. The average molecular weight is 200 g/mol. The maximum atomic E-state index is 13.0. The molecule has 1 atom stereocenters. The Morgan fingerprint density at radius 2 is 2.29 bits per heavy atom. The van der Waals surface area contributed by atoms with Gasteiger partial charge in [0.05, 0.1) is 14.1 Å². The highest BCUT2D eigenvalue weighted by atomic mass is 19.1. The lowest BCUT2D eigenvalue weighted by Gasteiger charge is -2.33. The smallest absolute Gasteiger partial charge is 0.269 e. The third kappa shape index (κ3) is 1.98. The lowest BCUT2D eigenvalue weighted by Crippen LogP contribution is -2.53. The van der Waals surface area contributed by atoms with Crippen molar-refractivity contribution in [3.8, 4) is 0 Å². The SMILES string of the molecule is CC1C(C(N)=O)=NC(F)=CC[N+]1(C)C. The van der Waals surface area contributed by atoms with Crippen molar-refractivity contribution in [2.75, 3.05) is 20.6 Å². The number of carbonyl (C=O) groups excluding carboxylic acids is 1. The van der Waals surface area contributed by atoms with Crippen molar-refractivity contribution in [3.63, 3.8) is 0 Å². The maximum absolute atomic E-state index is 13.0. The molecule has 0 bridgehead atoms. The van der Waals surface area contributed by atoms with E-state index < -0.39 is 11.9 Å². The van der Waals surface area contributed by atoms with E-state index in [1.165, 1.54) is 6.08 Å². The van der Waals surface area contributed by atoms with Crippen molar-refractivity contribution in [1.29, 1.82) is 0 Å². The fraction of sp³-hybridized carbons (Fsp3) is 0.556. The number of nitrogens with zero attached hydrogens (tertiary/aromatic N) is 2. The lowest BCUT2D eigenvalue weighted by molar-refractivity contribution is -0.896. The van der Waals surface area contributed by atoms with E-state index in [1.807, 2.05) is 21.0 Å². The van der Waals surface area contributed by atoms with Crippen LogP contribution in [-0.4, -0.2) is 42.8 Å². The summed E-state index contributed by atoms with van der Waals surface area (Å²) in [6.45, 7) is 2.31. The first-order valence-corrected chi connectivity index (χ1v) is 4.41. The molecule has 0 saturated heterocycles. The number of hydrogen-bond donors (Lipinski definition) is 1. The monoisotopic (exact) mass is 200 g/mol. The summed E-state index contributed by atoms with van der Waals surface area (Å²) in [7, 11) is 3.80. The van der Waals surface area contributed by atoms with Crippen molar-refractivity contribution in [3.05, 3.63) is 12.0 Å². The first-order chi connectivity index (χ1) is 6.34. The van der Waals surface area contributed by atoms with Crippen LogP contribution in [0.1, 0.15) is 6.92 Å². The van der Waals surface area contributed by atoms with Gasteiger partial charge in [-0.05, 0) is 6.92 Å². The molecule has 5 heteroatoms. The molecule has 0 spiro atoms. The minimum absolute atomic E-state index is 0.0984. The van der Waals surface area contributed by atoms with Crippen LogP contribution >= 0.6 is 0 Å². The van der Waals surface area contributed by atoms with Gasteiger partial charge in [0.15, 0.2) is 5.71 Å². The van der Waals surface area contributed by atoms with Crippen LogP contribution in [0.3, 0.4) is 0 Å². The van der Waals surface area contributed by atoms with Gasteiger partial charge in [-0.2, -0.15) is 4.39 Å². The summed E-state index contributed by atoms with van der Waals surface area (Å²) in [5, 5.41) is 0. The fourth-order valence-electron chi connectivity index (χ4n) is 1.31. The number of rotatable bonds is 1. The number of likely N-dealkylation sites (N-methyl/N-ethyl adjacent to an activating group) is 1. The van der Waals surface area contributed by atoms with Crippen LogP contribution in [0.5, 0.6) is 0 Å². The zero-order valence-electron chi connectivity index (χ0n) is 8.62. The van der Waals surface area contributed by atoms with Gasteiger partial charge < -0.3 is 10.2 Å². The average Bonchev–Trinajstić information content (AvgIpc) is 2.17. The van der Waals surface area contributed by atoms with E-state index in [1.54, 1.807) is 0 Å². The van der Waals surface area contributed by atoms with E-state index in [-0.39, 0.29) is 11.8 Å². The van der Waals surface area contributed by atoms with Crippen molar-refractivity contribution in [2.24, 2.45) is 10.7 Å². The summed E-state index contributed by atoms with van der Waals surface area (Å²) >= 11 is 0. The minimum atomic E-state index is -0.658. The summed E-state index contributed by atoms with van der Waals surface area (Å²) in [6.07, 6.45) is 1.37. The molecule has 0 fully saturated rings. The summed E-state index contributed by atoms with van der Waals surface area (Å²) < 4.78 is 13.5. The van der Waals surface area contributed by atoms with E-state index in [0.717, 1.165) is 0 Å². The van der Waals surface area contributed by atoms with Gasteiger partial charge in [0.1, 0.15) is 12.6 Å². The Labute approximate surface area is 82.5 Å². The molecule has 2 N–H and O–H groups in total. The molecule has 1 rings (SSSR count). The zero-order chi connectivity index (χ0) is 10.9. The Kier molecular flexibility index (Phi) is 2.71. The molecule has 78 valence electrons. The normalized spacial score (nSPS) is 26.1. The Bertz CT molecular complexity index is 320. The largest absolute Gasteiger partial charge is 0.364 e. The minimum Gasteiger partial charge on any atom is -0.364 e. The van der Waals surface area contributed by atoms with E-state index >= 15 is 0 Å². The van der Waals surface area contributed by atoms with E-state index in [0.29, 0.717) is 11.0 Å². The molecule has 0 saturated carbocycles. The molecule has 0 aromatic rings. The predicted molar refractivity (Wildman–Crippen MR) is 52.3 cm³/mol. The van der Waals surface area contributed by atoms with E-state index in [9.17, 15) is 9.18 Å². The number of hydrogen-bond acceptors (Lipinski definition) is 2. The molecular formula is C9H15FN3O+. The molecule has 0 aromatic carbocycles. The van der Waals surface area contributed by atoms with Crippen LogP contribution in [0.25, 0.3) is 0 Å². The van der Waals surface area contributed by atoms with Crippen LogP contribution in [-0.2, 0) is 4.79 Å². The molecule has 1 unspecified atom stereocenters. The standard InChI is InChI=1S/C9H14FN3O/c1-6-8(9(11)14)12-7(10)4-5-13(6,2)3/h4,6H,5H2,1-3H3,(H-,11,14)/p+1. The Morgan fingerprint density at radius 3 is 2.79 bits per heavy atom. The number of carbonyl (C=O) groups is 1. The number of nitrogens with two attached hydrogens (primary N) is 1. The topological polar surface area (TPSA) is 55.5 Å². The highest BCUT2D eigenvalue weighted by molar-refractivity contribution is 6.40. The molecule has 0 radical (unpaired) electrons. The maximum Gasteiger partial charge on any atom is 0.269 e. The van der Waals surface area contributed by atoms with E-state index in [4.69, 9.17) is 5.73 Å². The molecular weight excluding hydrogens is 185 g/mol. The molecule has 0 aromatic heterocycles. The van der Waals surface area contributed by atoms with Gasteiger partial charge in [0.25, 0.3) is 5.91 Å². The second kappa shape index (κ2) is 3.49. The number of aliphatic imine (C=N–C) groups is 1. The van der Waals surface area contributed by atoms with Crippen LogP contribution in [0.4, 0.5) is 4.39 Å². The van der Waals surface area contributed by atoms with Crippen molar-refractivity contribution in [1.82, 2.24) is 0 Å². The van der Waals surface area contributed by atoms with Crippen LogP contribution in [0.15, 0.2) is 17.0 Å². The van der Waals surface area contributed by atoms with Crippen LogP contribution in [0.2, 0.25) is 0 Å². The molecule has 1 heterocycles. The highest BCUT2D eigenvalue weighted by Gasteiger charge is 2.33. The molecule has 0 aliphatic carbocycles. The fourth-order valence-corrected chi connectivity index (χ4v) is 1.31. The van der Waals surface area contributed by atoms with Gasteiger partial charge in [-0.25, -0.2) is 4.99 Å². The molecule has 1 aliphatic rings. The Hall–Kier alpha value is -1.23. The summed E-state index contributed by atoms with van der Waals surface area (Å²) in [5.74, 6) is -1.29. The van der Waals surface area contributed by atoms with Crippen molar-refractivity contribution < 1.29 is 13.7 Å². The summed E-state index contributed by atoms with van der Waals surface area (Å²) in [4.78, 5) is 14.6. The van der Waals surface area contributed by atoms with Crippen molar-refractivity contribution in [2.45, 2.75) is 13.0 Å². The molecule has 1 aliphatic heterocycles. The summed E-state index contributed by atoms with van der Waals surface area (Å²) in [6, 6.07) is -0.197. The summed E-state index contributed by atoms with van der Waals surface area (Å²) in [5.41, 5.74) is 5.24. The molecule has 4 nitrogen and oxygen atoms in total. The molecule has 1 amide bonds. The Balaban J connectivity index is 3.14. The molecule has 14 heavy (non-hydrogen) atoms. The third-order valence-electron chi connectivity index (χ3n) is 2.65. The number of amides is 1. The van der Waals surface area contributed by atoms with Gasteiger partial charge in [0, 0.05) is 6.08 Å². The van der Waals surface area contributed by atoms with Gasteiger partial charge in [-0.3, -0.25) is 4.79 Å². The highest BCUT2D eigenvalue weighted by Crippen LogP contribution is 2.16. The van der Waals surface area contributed by atoms with Crippen molar-refractivity contribution >= 4 is 11.6 Å². The first-order valence-electron chi connectivity index (χ1n) is 4.41. The number of primary amides is 1. The second-order valence-electron chi connectivity index (χ2n) is 4.03. The lowest BCUT2D eigenvalue weighted by atomic mass is 10.1. The predicted octanol–water partition coefficient (Wildman–Crippen LogP) is 0.202. The van der Waals surface area contributed by atoms with Gasteiger partial charge >= 0.3 is 0 Å². The van der Waals surface area contributed by atoms with E-state index in [2.05, 4.69) is 4.99 Å². The number of quaternary nitrogens is 1. The van der Waals surface area contributed by atoms with Crippen LogP contribution in [0, 0.1) is 0 Å². The zero-order valence-corrected chi connectivity index (χ0v) is 8.62.